The molecule has 13 heavy (non-hydrogen) atoms. The molecule has 0 aromatic heterocycles. The summed E-state index contributed by atoms with van der Waals surface area (Å²) in [4.78, 5) is 22.2. The Labute approximate surface area is 76.9 Å². The van der Waals surface area contributed by atoms with Crippen molar-refractivity contribution < 1.29 is 14.3 Å². The normalized spacial score (nSPS) is 19.3. The van der Waals surface area contributed by atoms with Crippen molar-refractivity contribution in [2.45, 2.75) is 26.4 Å². The molecule has 0 bridgehead atoms. The summed E-state index contributed by atoms with van der Waals surface area (Å²) in [5, 5.41) is 2.24. The van der Waals surface area contributed by atoms with Crippen LogP contribution in [0.5, 0.6) is 0 Å². The maximum Gasteiger partial charge on any atom is 0.254 e. The van der Waals surface area contributed by atoms with Crippen LogP contribution in [-0.2, 0) is 14.3 Å². The van der Waals surface area contributed by atoms with Crippen LogP contribution in [0.1, 0.15) is 20.3 Å². The number of carbonyl (C=O) groups excluding carboxylic acids is 2. The summed E-state index contributed by atoms with van der Waals surface area (Å²) in [6.45, 7) is 3.51. The van der Waals surface area contributed by atoms with E-state index in [2.05, 4.69) is 5.32 Å². The number of methoxy groups -OCH3 is 1. The SMILES string of the molecule is COC(C)CC1=C(C)C(=O)NC1=O. The first-order valence-corrected chi connectivity index (χ1v) is 4.14. The Balaban J connectivity index is 2.78. The topological polar surface area (TPSA) is 55.4 Å². The molecule has 1 N–H and O–H groups in total. The fourth-order valence-corrected chi connectivity index (χ4v) is 1.20. The monoisotopic (exact) mass is 183 g/mol. The highest BCUT2D eigenvalue weighted by molar-refractivity contribution is 6.19. The number of hydrogen-bond acceptors (Lipinski definition) is 3. The van der Waals surface area contributed by atoms with Crippen LogP contribution < -0.4 is 5.32 Å². The van der Waals surface area contributed by atoms with Crippen LogP contribution in [0.15, 0.2) is 11.1 Å². The van der Waals surface area contributed by atoms with Crippen molar-refractivity contribution >= 4 is 11.8 Å². The van der Waals surface area contributed by atoms with Crippen LogP contribution in [-0.4, -0.2) is 25.0 Å². The van der Waals surface area contributed by atoms with E-state index in [1.54, 1.807) is 14.0 Å². The number of carbonyl (C=O) groups is 2. The first-order chi connectivity index (χ1) is 6.06. The third-order valence-corrected chi connectivity index (χ3v) is 2.19. The summed E-state index contributed by atoms with van der Waals surface area (Å²) in [7, 11) is 1.58. The standard InChI is InChI=1S/C9H13NO3/c1-5(13-3)4-7-6(2)8(11)10-9(7)12/h5H,4H2,1-3H3,(H,10,11,12). The van der Waals surface area contributed by atoms with Crippen LogP contribution in [0.2, 0.25) is 0 Å². The van der Waals surface area contributed by atoms with E-state index in [0.717, 1.165) is 0 Å². The lowest BCUT2D eigenvalue weighted by atomic mass is 10.1. The van der Waals surface area contributed by atoms with E-state index in [1.807, 2.05) is 6.92 Å². The molecule has 4 heteroatoms. The zero-order chi connectivity index (χ0) is 10.0. The second kappa shape index (κ2) is 3.70. The van der Waals surface area contributed by atoms with Gasteiger partial charge >= 0.3 is 0 Å². The van der Waals surface area contributed by atoms with E-state index < -0.39 is 0 Å². The highest BCUT2D eigenvalue weighted by atomic mass is 16.5. The van der Waals surface area contributed by atoms with Gasteiger partial charge in [0.2, 0.25) is 0 Å². The van der Waals surface area contributed by atoms with Crippen LogP contribution in [0.4, 0.5) is 0 Å². The van der Waals surface area contributed by atoms with Crippen molar-refractivity contribution in [1.29, 1.82) is 0 Å². The van der Waals surface area contributed by atoms with Crippen molar-refractivity contribution in [3.63, 3.8) is 0 Å². The fraction of sp³-hybridized carbons (Fsp3) is 0.556. The summed E-state index contributed by atoms with van der Waals surface area (Å²) in [6, 6.07) is 0. The zero-order valence-corrected chi connectivity index (χ0v) is 8.01. The Morgan fingerprint density at radius 3 is 2.38 bits per heavy atom. The number of hydrogen-bond donors (Lipinski definition) is 1. The Hall–Kier alpha value is -1.16. The predicted molar refractivity (Wildman–Crippen MR) is 46.9 cm³/mol. The van der Waals surface area contributed by atoms with Crippen LogP contribution >= 0.6 is 0 Å². The minimum atomic E-state index is -0.289. The van der Waals surface area contributed by atoms with Gasteiger partial charge in [-0.3, -0.25) is 14.9 Å². The molecular formula is C9H13NO3. The fourth-order valence-electron chi connectivity index (χ4n) is 1.20. The summed E-state index contributed by atoms with van der Waals surface area (Å²) in [6.07, 6.45) is 0.446. The van der Waals surface area contributed by atoms with E-state index in [0.29, 0.717) is 17.6 Å². The summed E-state index contributed by atoms with van der Waals surface area (Å²) in [5.74, 6) is -0.574. The highest BCUT2D eigenvalue weighted by Crippen LogP contribution is 2.17. The van der Waals surface area contributed by atoms with Gasteiger partial charge in [-0.25, -0.2) is 0 Å². The third kappa shape index (κ3) is 1.95. The molecular weight excluding hydrogens is 170 g/mol. The molecule has 2 amide bonds. The molecule has 1 atom stereocenters. The smallest absolute Gasteiger partial charge is 0.254 e. The Morgan fingerprint density at radius 1 is 1.38 bits per heavy atom. The Morgan fingerprint density at radius 2 is 2.00 bits per heavy atom. The average molecular weight is 183 g/mol. The molecule has 0 aromatic rings. The van der Waals surface area contributed by atoms with E-state index in [4.69, 9.17) is 4.74 Å². The van der Waals surface area contributed by atoms with Gasteiger partial charge in [0, 0.05) is 24.7 Å². The Bertz CT molecular complexity index is 281. The molecule has 1 aliphatic heterocycles. The van der Waals surface area contributed by atoms with Crippen molar-refractivity contribution in [3.05, 3.63) is 11.1 Å². The van der Waals surface area contributed by atoms with E-state index in [1.165, 1.54) is 0 Å². The molecule has 0 saturated carbocycles. The summed E-state index contributed by atoms with van der Waals surface area (Å²) in [5.41, 5.74) is 1.05. The van der Waals surface area contributed by atoms with Crippen molar-refractivity contribution in [2.24, 2.45) is 0 Å². The molecule has 1 aliphatic rings. The van der Waals surface area contributed by atoms with E-state index in [-0.39, 0.29) is 17.9 Å². The van der Waals surface area contributed by atoms with Crippen molar-refractivity contribution in [3.8, 4) is 0 Å². The number of imide groups is 1. The van der Waals surface area contributed by atoms with Crippen molar-refractivity contribution in [2.75, 3.05) is 7.11 Å². The first-order valence-electron chi connectivity index (χ1n) is 4.14. The van der Waals surface area contributed by atoms with Gasteiger partial charge in [-0.05, 0) is 13.8 Å². The molecule has 0 fully saturated rings. The van der Waals surface area contributed by atoms with Gasteiger partial charge in [0.05, 0.1) is 6.10 Å². The second-order valence-corrected chi connectivity index (χ2v) is 3.14. The largest absolute Gasteiger partial charge is 0.381 e. The third-order valence-electron chi connectivity index (χ3n) is 2.19. The van der Waals surface area contributed by atoms with Crippen molar-refractivity contribution in [1.82, 2.24) is 5.32 Å². The molecule has 0 spiro atoms. The Kier molecular flexibility index (Phi) is 2.83. The molecule has 1 unspecified atom stereocenters. The first kappa shape index (κ1) is 9.92. The maximum atomic E-state index is 11.2. The van der Waals surface area contributed by atoms with Gasteiger partial charge in [0.1, 0.15) is 0 Å². The highest BCUT2D eigenvalue weighted by Gasteiger charge is 2.27. The van der Waals surface area contributed by atoms with E-state index >= 15 is 0 Å². The molecule has 72 valence electrons. The van der Waals surface area contributed by atoms with Gasteiger partial charge in [-0.1, -0.05) is 0 Å². The maximum absolute atomic E-state index is 11.2. The van der Waals surface area contributed by atoms with Gasteiger partial charge in [0.25, 0.3) is 11.8 Å². The second-order valence-electron chi connectivity index (χ2n) is 3.14. The van der Waals surface area contributed by atoms with Gasteiger partial charge in [-0.15, -0.1) is 0 Å². The molecule has 4 nitrogen and oxygen atoms in total. The lowest BCUT2D eigenvalue weighted by Crippen LogP contribution is -2.23. The number of ether oxygens (including phenoxy) is 1. The number of nitrogens with one attached hydrogen (secondary N) is 1. The average Bonchev–Trinajstić information content (AvgIpc) is 2.32. The van der Waals surface area contributed by atoms with Crippen LogP contribution in [0, 0.1) is 0 Å². The molecule has 1 rings (SSSR count). The molecule has 0 saturated heterocycles. The lowest BCUT2D eigenvalue weighted by Gasteiger charge is -2.08. The summed E-state index contributed by atoms with van der Waals surface area (Å²) >= 11 is 0. The number of rotatable bonds is 3. The predicted octanol–water partition coefficient (Wildman–Crippen LogP) is 0.384. The number of amides is 2. The molecule has 1 heterocycles. The molecule has 0 aliphatic carbocycles. The zero-order valence-electron chi connectivity index (χ0n) is 8.01. The van der Waals surface area contributed by atoms with Crippen LogP contribution in [0.25, 0.3) is 0 Å². The van der Waals surface area contributed by atoms with Gasteiger partial charge < -0.3 is 4.74 Å². The van der Waals surface area contributed by atoms with Gasteiger partial charge in [-0.2, -0.15) is 0 Å². The minimum Gasteiger partial charge on any atom is -0.381 e. The molecule has 0 radical (unpaired) electrons. The molecule has 0 aromatic carbocycles. The minimum absolute atomic E-state index is 0.0402. The van der Waals surface area contributed by atoms with E-state index in [9.17, 15) is 9.59 Å². The van der Waals surface area contributed by atoms with Gasteiger partial charge in [0.15, 0.2) is 0 Å². The van der Waals surface area contributed by atoms with Crippen LogP contribution in [0.3, 0.4) is 0 Å². The quantitative estimate of drug-likeness (QED) is 0.644. The lowest BCUT2D eigenvalue weighted by molar-refractivity contribution is -0.124. The summed E-state index contributed by atoms with van der Waals surface area (Å²) < 4.78 is 5.02.